The Balaban J connectivity index is 1.81. The van der Waals surface area contributed by atoms with Crippen LogP contribution in [0.1, 0.15) is 17.3 Å². The Morgan fingerprint density at radius 3 is 2.31 bits per heavy atom. The van der Waals surface area contributed by atoms with Crippen LogP contribution in [0, 0.1) is 0 Å². The van der Waals surface area contributed by atoms with Crippen molar-refractivity contribution < 1.29 is 19.1 Å². The van der Waals surface area contributed by atoms with Crippen LogP contribution in [-0.2, 0) is 4.79 Å². The summed E-state index contributed by atoms with van der Waals surface area (Å²) in [5.41, 5.74) is 3.04. The number of pyridine rings is 1. The number of nitrogens with one attached hydrogen (secondary N) is 2. The number of hydrogen-bond acceptors (Lipinski definition) is 5. The summed E-state index contributed by atoms with van der Waals surface area (Å²) in [4.78, 5) is 28.4. The number of benzene rings is 2. The lowest BCUT2D eigenvalue weighted by Gasteiger charge is -2.12. The Labute approximate surface area is 168 Å². The van der Waals surface area contributed by atoms with E-state index in [0.717, 1.165) is 5.56 Å². The summed E-state index contributed by atoms with van der Waals surface area (Å²) in [7, 11) is 3.09. The molecule has 3 aromatic rings. The van der Waals surface area contributed by atoms with Gasteiger partial charge in [0.2, 0.25) is 5.91 Å². The number of amides is 2. The number of carbonyl (C=O) groups excluding carboxylic acids is 2. The molecular weight excluding hydrogens is 370 g/mol. The first kappa shape index (κ1) is 19.9. The van der Waals surface area contributed by atoms with Gasteiger partial charge in [0.15, 0.2) is 0 Å². The fraction of sp³-hybridized carbons (Fsp3) is 0.136. The van der Waals surface area contributed by atoms with Crippen LogP contribution in [0.2, 0.25) is 0 Å². The van der Waals surface area contributed by atoms with Crippen molar-refractivity contribution in [1.82, 2.24) is 4.98 Å². The molecule has 148 valence electrons. The molecule has 1 heterocycles. The van der Waals surface area contributed by atoms with E-state index in [-0.39, 0.29) is 11.8 Å². The number of nitrogens with zero attached hydrogens (tertiary/aromatic N) is 1. The molecule has 0 bridgehead atoms. The number of rotatable bonds is 6. The standard InChI is InChI=1S/C22H21N3O4/c1-14(26)24-19-5-4-12-23-21(19)15-6-8-16(9-7-15)22(27)25-18-11-10-17(28-2)13-20(18)29-3/h4-13H,1-3H3,(H,24,26)(H,25,27). The van der Waals surface area contributed by atoms with Gasteiger partial charge in [0.1, 0.15) is 11.5 Å². The van der Waals surface area contributed by atoms with Gasteiger partial charge in [-0.3, -0.25) is 14.6 Å². The van der Waals surface area contributed by atoms with Crippen LogP contribution in [-0.4, -0.2) is 31.0 Å². The van der Waals surface area contributed by atoms with E-state index in [1.54, 1.807) is 67.9 Å². The van der Waals surface area contributed by atoms with Crippen molar-refractivity contribution in [3.8, 4) is 22.8 Å². The molecule has 29 heavy (non-hydrogen) atoms. The first-order chi connectivity index (χ1) is 14.0. The largest absolute Gasteiger partial charge is 0.497 e. The van der Waals surface area contributed by atoms with Crippen molar-refractivity contribution in [3.63, 3.8) is 0 Å². The first-order valence-electron chi connectivity index (χ1n) is 8.88. The highest BCUT2D eigenvalue weighted by Crippen LogP contribution is 2.30. The Bertz CT molecular complexity index is 1030. The normalized spacial score (nSPS) is 10.2. The van der Waals surface area contributed by atoms with E-state index < -0.39 is 0 Å². The summed E-state index contributed by atoms with van der Waals surface area (Å²) in [5, 5.41) is 5.59. The zero-order valence-corrected chi connectivity index (χ0v) is 16.4. The molecule has 0 atom stereocenters. The van der Waals surface area contributed by atoms with Gasteiger partial charge in [0.05, 0.1) is 31.3 Å². The van der Waals surface area contributed by atoms with Gasteiger partial charge in [0, 0.05) is 30.3 Å². The van der Waals surface area contributed by atoms with Gasteiger partial charge >= 0.3 is 0 Å². The minimum atomic E-state index is -0.275. The summed E-state index contributed by atoms with van der Waals surface area (Å²) in [5.74, 6) is 0.684. The molecule has 1 aromatic heterocycles. The molecule has 0 saturated carbocycles. The zero-order chi connectivity index (χ0) is 20.8. The number of carbonyl (C=O) groups is 2. The quantitative estimate of drug-likeness (QED) is 0.663. The predicted molar refractivity (Wildman–Crippen MR) is 111 cm³/mol. The average Bonchev–Trinajstić information content (AvgIpc) is 2.74. The second kappa shape index (κ2) is 8.88. The van der Waals surface area contributed by atoms with Crippen LogP contribution in [0.15, 0.2) is 60.8 Å². The second-order valence-electron chi connectivity index (χ2n) is 6.18. The third-order valence-corrected chi connectivity index (χ3v) is 4.20. The summed E-state index contributed by atoms with van der Waals surface area (Å²) < 4.78 is 10.5. The molecule has 0 unspecified atom stereocenters. The van der Waals surface area contributed by atoms with Gasteiger partial charge in [-0.15, -0.1) is 0 Å². The van der Waals surface area contributed by atoms with Crippen LogP contribution in [0.4, 0.5) is 11.4 Å². The lowest BCUT2D eigenvalue weighted by Crippen LogP contribution is -2.12. The molecule has 2 N–H and O–H groups in total. The smallest absolute Gasteiger partial charge is 0.255 e. The molecule has 7 heteroatoms. The molecule has 3 rings (SSSR count). The van der Waals surface area contributed by atoms with Crippen molar-refractivity contribution in [3.05, 3.63) is 66.4 Å². The molecule has 2 amide bonds. The average molecular weight is 391 g/mol. The van der Waals surface area contributed by atoms with E-state index >= 15 is 0 Å². The molecule has 0 aliphatic heterocycles. The number of aromatic nitrogens is 1. The van der Waals surface area contributed by atoms with Gasteiger partial charge in [-0.05, 0) is 36.4 Å². The van der Waals surface area contributed by atoms with Gasteiger partial charge in [-0.1, -0.05) is 12.1 Å². The third-order valence-electron chi connectivity index (χ3n) is 4.20. The number of anilines is 2. The van der Waals surface area contributed by atoms with Crippen molar-refractivity contribution in [1.29, 1.82) is 0 Å². The maximum Gasteiger partial charge on any atom is 0.255 e. The third kappa shape index (κ3) is 4.70. The Morgan fingerprint density at radius 1 is 0.897 bits per heavy atom. The topological polar surface area (TPSA) is 89.5 Å². The molecule has 2 aromatic carbocycles. The molecular formula is C22H21N3O4. The fourth-order valence-corrected chi connectivity index (χ4v) is 2.80. The monoisotopic (exact) mass is 391 g/mol. The van der Waals surface area contributed by atoms with Crippen molar-refractivity contribution in [2.24, 2.45) is 0 Å². The Kier molecular flexibility index (Phi) is 6.09. The molecule has 0 saturated heterocycles. The van der Waals surface area contributed by atoms with Gasteiger partial charge in [-0.25, -0.2) is 0 Å². The maximum absolute atomic E-state index is 12.6. The Hall–Kier alpha value is -3.87. The molecule has 0 aliphatic carbocycles. The minimum Gasteiger partial charge on any atom is -0.497 e. The van der Waals surface area contributed by atoms with E-state index in [0.29, 0.717) is 34.1 Å². The zero-order valence-electron chi connectivity index (χ0n) is 16.4. The number of hydrogen-bond donors (Lipinski definition) is 2. The fourth-order valence-electron chi connectivity index (χ4n) is 2.80. The Morgan fingerprint density at radius 2 is 1.66 bits per heavy atom. The summed E-state index contributed by atoms with van der Waals surface area (Å²) in [6.45, 7) is 1.44. The lowest BCUT2D eigenvalue weighted by atomic mass is 10.1. The van der Waals surface area contributed by atoms with Crippen LogP contribution in [0.5, 0.6) is 11.5 Å². The summed E-state index contributed by atoms with van der Waals surface area (Å²) in [6.07, 6.45) is 1.65. The van der Waals surface area contributed by atoms with Crippen molar-refractivity contribution >= 4 is 23.2 Å². The number of methoxy groups -OCH3 is 2. The van der Waals surface area contributed by atoms with Crippen molar-refractivity contribution in [2.45, 2.75) is 6.92 Å². The van der Waals surface area contributed by atoms with E-state index in [9.17, 15) is 9.59 Å². The highest BCUT2D eigenvalue weighted by molar-refractivity contribution is 6.05. The first-order valence-corrected chi connectivity index (χ1v) is 8.88. The van der Waals surface area contributed by atoms with E-state index in [1.807, 2.05) is 0 Å². The van der Waals surface area contributed by atoms with Crippen LogP contribution >= 0.6 is 0 Å². The SMILES string of the molecule is COc1ccc(NC(=O)c2ccc(-c3ncccc3NC(C)=O)cc2)c(OC)c1. The van der Waals surface area contributed by atoms with Crippen LogP contribution in [0.3, 0.4) is 0 Å². The van der Waals surface area contributed by atoms with Crippen molar-refractivity contribution in [2.75, 3.05) is 24.9 Å². The maximum atomic E-state index is 12.6. The van der Waals surface area contributed by atoms with Crippen LogP contribution < -0.4 is 20.1 Å². The summed E-state index contributed by atoms with van der Waals surface area (Å²) in [6, 6.07) is 15.7. The number of ether oxygens (including phenoxy) is 2. The molecule has 7 nitrogen and oxygen atoms in total. The molecule has 0 fully saturated rings. The highest BCUT2D eigenvalue weighted by Gasteiger charge is 2.12. The van der Waals surface area contributed by atoms with Crippen LogP contribution in [0.25, 0.3) is 11.3 Å². The predicted octanol–water partition coefficient (Wildman–Crippen LogP) is 3.98. The molecule has 0 aliphatic rings. The van der Waals surface area contributed by atoms with Gasteiger partial charge in [-0.2, -0.15) is 0 Å². The van der Waals surface area contributed by atoms with Gasteiger partial charge in [0.25, 0.3) is 5.91 Å². The minimum absolute atomic E-state index is 0.177. The lowest BCUT2D eigenvalue weighted by molar-refractivity contribution is -0.114. The van der Waals surface area contributed by atoms with E-state index in [1.165, 1.54) is 14.0 Å². The molecule has 0 spiro atoms. The second-order valence-corrected chi connectivity index (χ2v) is 6.18. The van der Waals surface area contributed by atoms with E-state index in [4.69, 9.17) is 9.47 Å². The van der Waals surface area contributed by atoms with Gasteiger partial charge < -0.3 is 20.1 Å². The van der Waals surface area contributed by atoms with E-state index in [2.05, 4.69) is 15.6 Å². The molecule has 0 radical (unpaired) electrons. The highest BCUT2D eigenvalue weighted by atomic mass is 16.5. The summed E-state index contributed by atoms with van der Waals surface area (Å²) >= 11 is 0.